The summed E-state index contributed by atoms with van der Waals surface area (Å²) in [4.78, 5) is 17.6. The molecule has 0 aliphatic heterocycles. The number of pyridine rings is 1. The zero-order valence-corrected chi connectivity index (χ0v) is 12.2. The minimum absolute atomic E-state index is 0.290. The largest absolute Gasteiger partial charge is 0.462 e. The van der Waals surface area contributed by atoms with Crippen LogP contribution in [0.5, 0.6) is 0 Å². The van der Waals surface area contributed by atoms with Crippen LogP contribution in [0.2, 0.25) is 0 Å². The summed E-state index contributed by atoms with van der Waals surface area (Å²) in [6.07, 6.45) is 0.715. The highest BCUT2D eigenvalue weighted by Gasteiger charge is 2.15. The van der Waals surface area contributed by atoms with Gasteiger partial charge in [-0.2, -0.15) is 0 Å². The van der Waals surface area contributed by atoms with Gasteiger partial charge in [0.1, 0.15) is 0 Å². The Hall–Kier alpha value is -1.68. The summed E-state index contributed by atoms with van der Waals surface area (Å²) >= 11 is 1.67. The number of esters is 1. The first-order valence-electron chi connectivity index (χ1n) is 6.38. The Balaban J connectivity index is 2.42. The van der Waals surface area contributed by atoms with Crippen LogP contribution >= 0.6 is 11.3 Å². The molecule has 19 heavy (non-hydrogen) atoms. The quantitative estimate of drug-likeness (QED) is 0.795. The van der Waals surface area contributed by atoms with E-state index in [4.69, 9.17) is 4.74 Å². The molecule has 0 aliphatic rings. The lowest BCUT2D eigenvalue weighted by Gasteiger charge is -2.08. The van der Waals surface area contributed by atoms with E-state index in [0.717, 1.165) is 16.3 Å². The molecule has 0 bridgehead atoms. The van der Waals surface area contributed by atoms with Gasteiger partial charge in [-0.1, -0.05) is 6.92 Å². The molecule has 0 amide bonds. The van der Waals surface area contributed by atoms with Crippen molar-refractivity contribution in [2.24, 2.45) is 0 Å². The maximum Gasteiger partial charge on any atom is 0.339 e. The van der Waals surface area contributed by atoms with E-state index in [9.17, 15) is 4.79 Å². The first kappa shape index (κ1) is 13.7. The Morgan fingerprint density at radius 2 is 2.11 bits per heavy atom. The van der Waals surface area contributed by atoms with Crippen molar-refractivity contribution >= 4 is 17.3 Å². The van der Waals surface area contributed by atoms with Gasteiger partial charge in [0.2, 0.25) is 0 Å². The molecule has 0 saturated carbocycles. The van der Waals surface area contributed by atoms with E-state index in [0.29, 0.717) is 18.6 Å². The molecule has 0 saturated heterocycles. The number of hydrogen-bond donors (Lipinski definition) is 0. The zero-order chi connectivity index (χ0) is 13.8. The molecule has 0 spiro atoms. The number of ether oxygens (including phenoxy) is 1. The van der Waals surface area contributed by atoms with Crippen molar-refractivity contribution in [2.45, 2.75) is 27.2 Å². The topological polar surface area (TPSA) is 39.2 Å². The average molecular weight is 275 g/mol. The van der Waals surface area contributed by atoms with Crippen molar-refractivity contribution in [3.63, 3.8) is 0 Å². The molecule has 0 unspecified atom stereocenters. The summed E-state index contributed by atoms with van der Waals surface area (Å²) in [6, 6.07) is 5.79. The number of thiophene rings is 1. The third-order valence-corrected chi connectivity index (χ3v) is 3.94. The smallest absolute Gasteiger partial charge is 0.339 e. The Labute approximate surface area is 117 Å². The molecule has 0 N–H and O–H groups in total. The molecule has 0 radical (unpaired) electrons. The van der Waals surface area contributed by atoms with Crippen LogP contribution in [0.4, 0.5) is 0 Å². The van der Waals surface area contributed by atoms with Crippen molar-refractivity contribution in [3.05, 3.63) is 40.4 Å². The second-order valence-electron chi connectivity index (χ2n) is 4.20. The summed E-state index contributed by atoms with van der Waals surface area (Å²) < 4.78 is 5.05. The fraction of sp³-hybridized carbons (Fsp3) is 0.333. The summed E-state index contributed by atoms with van der Waals surface area (Å²) in [6.45, 7) is 6.25. The molecule has 0 atom stereocenters. The van der Waals surface area contributed by atoms with Crippen LogP contribution < -0.4 is 0 Å². The predicted molar refractivity (Wildman–Crippen MR) is 77.6 cm³/mol. The van der Waals surface area contributed by atoms with Gasteiger partial charge in [-0.15, -0.1) is 11.3 Å². The van der Waals surface area contributed by atoms with Gasteiger partial charge < -0.3 is 4.74 Å². The zero-order valence-electron chi connectivity index (χ0n) is 11.4. The van der Waals surface area contributed by atoms with E-state index in [1.54, 1.807) is 18.3 Å². The van der Waals surface area contributed by atoms with Crippen molar-refractivity contribution in [1.82, 2.24) is 4.98 Å². The van der Waals surface area contributed by atoms with E-state index in [2.05, 4.69) is 23.4 Å². The molecule has 2 aromatic rings. The van der Waals surface area contributed by atoms with Crippen molar-refractivity contribution in [1.29, 1.82) is 0 Å². The summed E-state index contributed by atoms with van der Waals surface area (Å²) in [7, 11) is 0. The number of nitrogens with zero attached hydrogens (tertiary/aromatic N) is 1. The van der Waals surface area contributed by atoms with Crippen LogP contribution in [-0.2, 0) is 11.2 Å². The second kappa shape index (κ2) is 5.97. The third kappa shape index (κ3) is 2.84. The lowest BCUT2D eigenvalue weighted by atomic mass is 10.1. The number of aryl methyl sites for hydroxylation is 2. The summed E-state index contributed by atoms with van der Waals surface area (Å²) in [5.41, 5.74) is 3.51. The van der Waals surface area contributed by atoms with Crippen LogP contribution in [0.1, 0.15) is 35.5 Å². The molecular weight excluding hydrogens is 258 g/mol. The van der Waals surface area contributed by atoms with E-state index >= 15 is 0 Å². The van der Waals surface area contributed by atoms with Crippen molar-refractivity contribution in [3.8, 4) is 10.6 Å². The number of aromatic nitrogens is 1. The fourth-order valence-electron chi connectivity index (χ4n) is 1.93. The van der Waals surface area contributed by atoms with Gasteiger partial charge in [-0.3, -0.25) is 4.98 Å². The van der Waals surface area contributed by atoms with E-state index in [1.165, 1.54) is 5.56 Å². The first-order valence-corrected chi connectivity index (χ1v) is 7.26. The van der Waals surface area contributed by atoms with Gasteiger partial charge in [0.15, 0.2) is 0 Å². The fourth-order valence-corrected chi connectivity index (χ4v) is 2.82. The normalized spacial score (nSPS) is 10.5. The Bertz CT molecular complexity index is 590. The van der Waals surface area contributed by atoms with Crippen molar-refractivity contribution < 1.29 is 9.53 Å². The minimum atomic E-state index is -0.290. The predicted octanol–water partition coefficient (Wildman–Crippen LogP) is 3.86. The highest BCUT2D eigenvalue weighted by atomic mass is 32.1. The highest BCUT2D eigenvalue weighted by molar-refractivity contribution is 7.13. The first-order chi connectivity index (χ1) is 9.17. The van der Waals surface area contributed by atoms with E-state index in [1.807, 2.05) is 19.1 Å². The third-order valence-electron chi connectivity index (χ3n) is 2.90. The monoisotopic (exact) mass is 275 g/mol. The number of carbonyl (C=O) groups excluding carboxylic acids is 1. The second-order valence-corrected chi connectivity index (χ2v) is 5.11. The van der Waals surface area contributed by atoms with Gasteiger partial charge in [-0.25, -0.2) is 4.79 Å². The van der Waals surface area contributed by atoms with Gasteiger partial charge >= 0.3 is 5.97 Å². The Morgan fingerprint density at radius 3 is 2.68 bits per heavy atom. The number of carbonyl (C=O) groups is 1. The Kier molecular flexibility index (Phi) is 4.32. The average Bonchev–Trinajstić information content (AvgIpc) is 2.84. The molecule has 4 heteroatoms. The number of rotatable bonds is 4. The summed E-state index contributed by atoms with van der Waals surface area (Å²) in [5.74, 6) is -0.290. The number of hydrogen-bond acceptors (Lipinski definition) is 4. The van der Waals surface area contributed by atoms with Crippen LogP contribution in [0.25, 0.3) is 10.6 Å². The van der Waals surface area contributed by atoms with Crippen LogP contribution in [0, 0.1) is 6.92 Å². The molecule has 0 fully saturated rings. The lowest BCUT2D eigenvalue weighted by molar-refractivity contribution is 0.0524. The lowest BCUT2D eigenvalue weighted by Crippen LogP contribution is -2.09. The van der Waals surface area contributed by atoms with E-state index in [-0.39, 0.29) is 5.97 Å². The maximum absolute atomic E-state index is 11.8. The summed E-state index contributed by atoms with van der Waals surface area (Å²) in [5, 5.41) is 2.05. The van der Waals surface area contributed by atoms with Gasteiger partial charge in [0.25, 0.3) is 0 Å². The standard InChI is InChI=1S/C15H17NO2S/c1-4-12-11(15(17)18-5-2)6-7-13(16-12)14-10(3)8-9-19-14/h6-9H,4-5H2,1-3H3. The van der Waals surface area contributed by atoms with Crippen molar-refractivity contribution in [2.75, 3.05) is 6.61 Å². The minimum Gasteiger partial charge on any atom is -0.462 e. The molecule has 3 nitrogen and oxygen atoms in total. The molecule has 2 aromatic heterocycles. The Morgan fingerprint density at radius 1 is 1.32 bits per heavy atom. The van der Waals surface area contributed by atoms with Gasteiger partial charge in [-0.05, 0) is 49.4 Å². The van der Waals surface area contributed by atoms with E-state index < -0.39 is 0 Å². The highest BCUT2D eigenvalue weighted by Crippen LogP contribution is 2.28. The molecule has 0 aromatic carbocycles. The molecular formula is C15H17NO2S. The van der Waals surface area contributed by atoms with Crippen LogP contribution in [0.15, 0.2) is 23.6 Å². The molecule has 0 aliphatic carbocycles. The van der Waals surface area contributed by atoms with Crippen LogP contribution in [-0.4, -0.2) is 17.6 Å². The molecule has 2 rings (SSSR count). The van der Waals surface area contributed by atoms with Crippen LogP contribution in [0.3, 0.4) is 0 Å². The van der Waals surface area contributed by atoms with Gasteiger partial charge in [0, 0.05) is 0 Å². The molecule has 2 heterocycles. The maximum atomic E-state index is 11.8. The SMILES string of the molecule is CCOC(=O)c1ccc(-c2sccc2C)nc1CC. The van der Waals surface area contributed by atoms with Gasteiger partial charge in [0.05, 0.1) is 28.4 Å². The molecule has 100 valence electrons.